The number of H-pyrrole nitrogens is 1. The molecule has 6 nitrogen and oxygen atoms in total. The molecular weight excluding hydrogens is 324 g/mol. The zero-order valence-corrected chi connectivity index (χ0v) is 13.5. The number of hydrogen-bond donors (Lipinski definition) is 1. The molecule has 121 valence electrons. The highest BCUT2D eigenvalue weighted by molar-refractivity contribution is 5.81. The van der Waals surface area contributed by atoms with Gasteiger partial charge in [-0.25, -0.2) is 9.97 Å². The van der Waals surface area contributed by atoms with E-state index in [0.717, 1.165) is 39.2 Å². The Kier molecular flexibility index (Phi) is 3.22. The van der Waals surface area contributed by atoms with Crippen LogP contribution in [0.2, 0.25) is 0 Å². The van der Waals surface area contributed by atoms with E-state index >= 15 is 0 Å². The summed E-state index contributed by atoms with van der Waals surface area (Å²) in [6, 6.07) is 12.6. The van der Waals surface area contributed by atoms with Crippen molar-refractivity contribution < 1.29 is 0 Å². The first-order valence-corrected chi connectivity index (χ1v) is 7.98. The van der Waals surface area contributed by atoms with Crippen LogP contribution in [-0.2, 0) is 0 Å². The standard InChI is InChI=1S/C20H11N6/c1-2-4-15(5-3-1)18-13-26-16(10-23-19(26)12-22-18)7-6-14-8-9-21-20-17(14)11-24-25-20/h2-5,8-13H,(H,21,24,25). The molecule has 26 heavy (non-hydrogen) atoms. The predicted molar refractivity (Wildman–Crippen MR) is 97.1 cm³/mol. The molecule has 6 heteroatoms. The van der Waals surface area contributed by atoms with E-state index < -0.39 is 0 Å². The lowest BCUT2D eigenvalue weighted by Gasteiger charge is -2.02. The van der Waals surface area contributed by atoms with Crippen molar-refractivity contribution in [3.63, 3.8) is 0 Å². The van der Waals surface area contributed by atoms with E-state index in [-0.39, 0.29) is 0 Å². The third-order valence-corrected chi connectivity index (χ3v) is 4.09. The summed E-state index contributed by atoms with van der Waals surface area (Å²) in [5.74, 6) is 6.38. The van der Waals surface area contributed by atoms with Gasteiger partial charge >= 0.3 is 0 Å². The molecule has 0 atom stereocenters. The molecule has 0 saturated heterocycles. The van der Waals surface area contributed by atoms with Gasteiger partial charge in [-0.3, -0.25) is 14.5 Å². The lowest BCUT2D eigenvalue weighted by molar-refractivity contribution is 1.10. The average Bonchev–Trinajstić information content (AvgIpc) is 3.33. The number of aromatic amines is 1. The van der Waals surface area contributed by atoms with Gasteiger partial charge in [0.05, 0.1) is 29.7 Å². The highest BCUT2D eigenvalue weighted by Crippen LogP contribution is 2.17. The first-order chi connectivity index (χ1) is 12.9. The summed E-state index contributed by atoms with van der Waals surface area (Å²) in [4.78, 5) is 13.1. The van der Waals surface area contributed by atoms with E-state index in [9.17, 15) is 0 Å². The monoisotopic (exact) mass is 335 g/mol. The van der Waals surface area contributed by atoms with Gasteiger partial charge in [0.2, 0.25) is 0 Å². The number of hydrogen-bond acceptors (Lipinski definition) is 4. The maximum Gasteiger partial charge on any atom is 0.156 e. The number of aromatic nitrogens is 6. The van der Waals surface area contributed by atoms with Gasteiger partial charge in [0.25, 0.3) is 0 Å². The summed E-state index contributed by atoms with van der Waals surface area (Å²) in [5.41, 5.74) is 5.01. The number of pyridine rings is 1. The Balaban J connectivity index is 1.61. The molecule has 0 spiro atoms. The topological polar surface area (TPSA) is 71.8 Å². The zero-order valence-electron chi connectivity index (χ0n) is 13.5. The van der Waals surface area contributed by atoms with Crippen LogP contribution >= 0.6 is 0 Å². The Morgan fingerprint density at radius 1 is 0.962 bits per heavy atom. The maximum absolute atomic E-state index is 4.48. The van der Waals surface area contributed by atoms with E-state index in [1.54, 1.807) is 24.8 Å². The first-order valence-electron chi connectivity index (χ1n) is 7.98. The number of rotatable bonds is 1. The van der Waals surface area contributed by atoms with Gasteiger partial charge in [0, 0.05) is 23.5 Å². The van der Waals surface area contributed by atoms with Crippen molar-refractivity contribution in [3.05, 3.63) is 78.6 Å². The van der Waals surface area contributed by atoms with Crippen LogP contribution in [0.1, 0.15) is 11.3 Å². The second-order valence-corrected chi connectivity index (χ2v) is 5.67. The fourth-order valence-corrected chi connectivity index (χ4v) is 2.78. The minimum absolute atomic E-state index is 0.724. The summed E-state index contributed by atoms with van der Waals surface area (Å²) in [6.07, 6.45) is 8.89. The minimum atomic E-state index is 0.724. The molecule has 5 rings (SSSR count). The molecule has 0 aliphatic carbocycles. The van der Waals surface area contributed by atoms with Crippen LogP contribution in [0.4, 0.5) is 0 Å². The summed E-state index contributed by atoms with van der Waals surface area (Å²) in [6.45, 7) is 0. The van der Waals surface area contributed by atoms with Crippen molar-refractivity contribution in [2.45, 2.75) is 0 Å². The van der Waals surface area contributed by atoms with Crippen molar-refractivity contribution in [2.75, 3.05) is 0 Å². The second kappa shape index (κ2) is 5.83. The zero-order chi connectivity index (χ0) is 17.3. The molecule has 0 unspecified atom stereocenters. The molecule has 0 aliphatic rings. The Labute approximate surface area is 148 Å². The largest absolute Gasteiger partial charge is 0.289 e. The third-order valence-electron chi connectivity index (χ3n) is 4.09. The molecule has 0 aliphatic heterocycles. The Bertz CT molecular complexity index is 1290. The van der Waals surface area contributed by atoms with E-state index in [4.69, 9.17) is 0 Å². The van der Waals surface area contributed by atoms with E-state index in [0.29, 0.717) is 0 Å². The van der Waals surface area contributed by atoms with Crippen LogP contribution in [0.3, 0.4) is 0 Å². The van der Waals surface area contributed by atoms with Gasteiger partial charge in [-0.15, -0.1) is 0 Å². The van der Waals surface area contributed by atoms with Crippen LogP contribution in [-0.4, -0.2) is 29.5 Å². The quantitative estimate of drug-likeness (QED) is 0.478. The van der Waals surface area contributed by atoms with Gasteiger partial charge < -0.3 is 0 Å². The van der Waals surface area contributed by atoms with Crippen LogP contribution in [0.5, 0.6) is 0 Å². The van der Waals surface area contributed by atoms with Gasteiger partial charge in [-0.1, -0.05) is 30.2 Å². The number of nitrogens with one attached hydrogen (secondary N) is 1. The summed E-state index contributed by atoms with van der Waals surface area (Å²) in [5, 5.41) is 7.77. The number of imidazole rings is 1. The van der Waals surface area contributed by atoms with Crippen molar-refractivity contribution in [2.24, 2.45) is 0 Å². The molecular formula is C20H11N6. The molecule has 0 fully saturated rings. The minimum Gasteiger partial charge on any atom is -0.289 e. The van der Waals surface area contributed by atoms with Gasteiger partial charge in [0.15, 0.2) is 11.3 Å². The van der Waals surface area contributed by atoms with E-state index in [2.05, 4.69) is 43.1 Å². The summed E-state index contributed by atoms with van der Waals surface area (Å²) in [7, 11) is 0. The number of nitrogens with zero attached hydrogens (tertiary/aromatic N) is 5. The Morgan fingerprint density at radius 2 is 1.88 bits per heavy atom. The Morgan fingerprint density at radius 3 is 2.81 bits per heavy atom. The molecule has 1 aromatic carbocycles. The fraction of sp³-hybridized carbons (Fsp3) is 0. The second-order valence-electron chi connectivity index (χ2n) is 5.67. The first kappa shape index (κ1) is 14.4. The molecule has 0 amide bonds. The molecule has 0 saturated carbocycles. The third kappa shape index (κ3) is 2.39. The van der Waals surface area contributed by atoms with Crippen molar-refractivity contribution in [1.82, 2.24) is 29.5 Å². The maximum atomic E-state index is 4.48. The predicted octanol–water partition coefficient (Wildman–Crippen LogP) is 2.87. The SMILES string of the molecule is C(#Cc1cnc2cnc(-c3cc[c]cc3)cn12)c1ccnc2[nH]ncc12. The normalized spacial score (nSPS) is 10.8. The van der Waals surface area contributed by atoms with Gasteiger partial charge in [-0.2, -0.15) is 5.10 Å². The van der Waals surface area contributed by atoms with Crippen molar-refractivity contribution in [3.8, 4) is 23.1 Å². The highest BCUT2D eigenvalue weighted by Gasteiger charge is 2.05. The summed E-state index contributed by atoms with van der Waals surface area (Å²) >= 11 is 0. The number of fused-ring (bicyclic) bond motifs is 2. The van der Waals surface area contributed by atoms with Crippen LogP contribution in [0.25, 0.3) is 27.9 Å². The average molecular weight is 335 g/mol. The molecule has 5 aromatic rings. The molecule has 1 N–H and O–H groups in total. The smallest absolute Gasteiger partial charge is 0.156 e. The van der Waals surface area contributed by atoms with Crippen molar-refractivity contribution >= 4 is 16.7 Å². The summed E-state index contributed by atoms with van der Waals surface area (Å²) < 4.78 is 1.94. The van der Waals surface area contributed by atoms with Crippen molar-refractivity contribution in [1.29, 1.82) is 0 Å². The van der Waals surface area contributed by atoms with Crippen LogP contribution in [0, 0.1) is 17.9 Å². The number of benzene rings is 1. The molecule has 0 bridgehead atoms. The molecule has 4 aromatic heterocycles. The van der Waals surface area contributed by atoms with Gasteiger partial charge in [0.1, 0.15) is 5.69 Å². The lowest BCUT2D eigenvalue weighted by Crippen LogP contribution is -1.93. The van der Waals surface area contributed by atoms with Crippen LogP contribution in [0.15, 0.2) is 61.3 Å². The molecule has 1 radical (unpaired) electrons. The van der Waals surface area contributed by atoms with Crippen LogP contribution < -0.4 is 0 Å². The van der Waals surface area contributed by atoms with Gasteiger partial charge in [-0.05, 0) is 18.1 Å². The van der Waals surface area contributed by atoms with E-state index in [1.807, 2.05) is 40.9 Å². The molecule has 4 heterocycles. The lowest BCUT2D eigenvalue weighted by atomic mass is 10.2. The van der Waals surface area contributed by atoms with E-state index in [1.165, 1.54) is 0 Å². The Hall–Kier alpha value is -3.98. The highest BCUT2D eigenvalue weighted by atomic mass is 15.1. The fourth-order valence-electron chi connectivity index (χ4n) is 2.78.